The Kier molecular flexibility index (Phi) is 7.20. The zero-order chi connectivity index (χ0) is 25.2. The number of thiophene rings is 2. The van der Waals surface area contributed by atoms with Crippen LogP contribution in [0, 0.1) is 0 Å². The summed E-state index contributed by atoms with van der Waals surface area (Å²) in [5.41, 5.74) is 3.69. The highest BCUT2D eigenvalue weighted by atomic mass is 79.9. The third-order valence-electron chi connectivity index (χ3n) is 5.44. The molecule has 180 valence electrons. The zero-order valence-corrected chi connectivity index (χ0v) is 22.9. The van der Waals surface area contributed by atoms with Gasteiger partial charge in [0.15, 0.2) is 0 Å². The lowest BCUT2D eigenvalue weighted by Gasteiger charge is -2.11. The number of para-hydroxylation sites is 1. The molecule has 0 spiro atoms. The predicted octanol–water partition coefficient (Wildman–Crippen LogP) is 8.54. The third kappa shape index (κ3) is 4.95. The molecule has 0 aliphatic rings. The molecule has 5 nitrogen and oxygen atoms in total. The molecule has 5 aromatic rings. The molecular weight excluding hydrogens is 580 g/mol. The Balaban J connectivity index is 1.57. The second kappa shape index (κ2) is 10.5. The molecule has 0 saturated carbocycles. The third-order valence-corrected chi connectivity index (χ3v) is 8.12. The Labute approximate surface area is 228 Å². The van der Waals surface area contributed by atoms with Crippen LogP contribution in [-0.2, 0) is 4.74 Å². The number of nitrogens with one attached hydrogen (secondary N) is 1. The molecule has 0 atom stereocenters. The Hall–Kier alpha value is -3.04. The number of hydrogen-bond acceptors (Lipinski definition) is 6. The van der Waals surface area contributed by atoms with Crippen molar-refractivity contribution >= 4 is 78.0 Å². The summed E-state index contributed by atoms with van der Waals surface area (Å²) in [4.78, 5) is 32.2. The van der Waals surface area contributed by atoms with Crippen molar-refractivity contribution in [2.75, 3.05) is 11.9 Å². The Bertz CT molecular complexity index is 1590. The van der Waals surface area contributed by atoms with Gasteiger partial charge in [0.2, 0.25) is 0 Å². The SMILES string of the molecule is CCOC(=O)c1c(-c2ccc(Br)cc2)csc1NC(=O)c1cc(-c2ccc(Cl)s2)nc2ccccc12. The van der Waals surface area contributed by atoms with Crippen molar-refractivity contribution in [3.63, 3.8) is 0 Å². The molecule has 0 saturated heterocycles. The number of rotatable bonds is 6. The van der Waals surface area contributed by atoms with Crippen LogP contribution in [0.1, 0.15) is 27.6 Å². The highest BCUT2D eigenvalue weighted by Crippen LogP contribution is 2.38. The van der Waals surface area contributed by atoms with Crippen LogP contribution in [-0.4, -0.2) is 23.5 Å². The van der Waals surface area contributed by atoms with Crippen LogP contribution in [0.15, 0.2) is 76.6 Å². The van der Waals surface area contributed by atoms with E-state index in [1.807, 2.05) is 60.0 Å². The van der Waals surface area contributed by atoms with Gasteiger partial charge in [-0.3, -0.25) is 4.79 Å². The molecule has 3 aromatic heterocycles. The molecule has 0 aliphatic carbocycles. The van der Waals surface area contributed by atoms with Crippen LogP contribution in [0.25, 0.3) is 32.6 Å². The largest absolute Gasteiger partial charge is 0.462 e. The fourth-order valence-electron chi connectivity index (χ4n) is 3.81. The fraction of sp³-hybridized carbons (Fsp3) is 0.0741. The van der Waals surface area contributed by atoms with E-state index in [9.17, 15) is 9.59 Å². The summed E-state index contributed by atoms with van der Waals surface area (Å²) in [5.74, 6) is -0.826. The first-order valence-electron chi connectivity index (χ1n) is 11.0. The lowest BCUT2D eigenvalue weighted by atomic mass is 10.0. The van der Waals surface area contributed by atoms with E-state index in [1.54, 1.807) is 19.1 Å². The van der Waals surface area contributed by atoms with Crippen molar-refractivity contribution < 1.29 is 14.3 Å². The number of nitrogens with zero attached hydrogens (tertiary/aromatic N) is 1. The number of anilines is 1. The number of amides is 1. The van der Waals surface area contributed by atoms with Gasteiger partial charge in [0.05, 0.1) is 32.6 Å². The molecule has 1 amide bonds. The van der Waals surface area contributed by atoms with Crippen LogP contribution in [0.2, 0.25) is 4.34 Å². The van der Waals surface area contributed by atoms with E-state index >= 15 is 0 Å². The van der Waals surface area contributed by atoms with Crippen LogP contribution >= 0.6 is 50.2 Å². The highest BCUT2D eigenvalue weighted by Gasteiger charge is 2.24. The molecule has 0 radical (unpaired) electrons. The molecule has 0 aliphatic heterocycles. The Morgan fingerprint density at radius 1 is 1.08 bits per heavy atom. The molecule has 3 heterocycles. The van der Waals surface area contributed by atoms with Crippen molar-refractivity contribution in [3.8, 4) is 21.7 Å². The van der Waals surface area contributed by atoms with Gasteiger partial charge in [-0.15, -0.1) is 22.7 Å². The van der Waals surface area contributed by atoms with Gasteiger partial charge >= 0.3 is 5.97 Å². The molecule has 2 aromatic carbocycles. The summed E-state index contributed by atoms with van der Waals surface area (Å²) in [5, 5.41) is 5.96. The van der Waals surface area contributed by atoms with E-state index < -0.39 is 5.97 Å². The number of esters is 1. The molecule has 1 N–H and O–H groups in total. The van der Waals surface area contributed by atoms with Gasteiger partial charge in [0.25, 0.3) is 5.91 Å². The second-order valence-electron chi connectivity index (χ2n) is 7.71. The number of carbonyl (C=O) groups excluding carboxylic acids is 2. The molecule has 36 heavy (non-hydrogen) atoms. The van der Waals surface area contributed by atoms with Gasteiger partial charge in [-0.1, -0.05) is 57.9 Å². The number of benzene rings is 2. The maximum absolute atomic E-state index is 13.6. The number of aromatic nitrogens is 1. The molecule has 9 heteroatoms. The Morgan fingerprint density at radius 2 is 1.86 bits per heavy atom. The maximum atomic E-state index is 13.6. The first kappa shape index (κ1) is 24.6. The molecule has 0 unspecified atom stereocenters. The minimum atomic E-state index is -0.486. The van der Waals surface area contributed by atoms with Gasteiger partial charge in [-0.25, -0.2) is 9.78 Å². The number of carbonyl (C=O) groups is 2. The fourth-order valence-corrected chi connectivity index (χ4v) is 6.03. The van der Waals surface area contributed by atoms with Crippen molar-refractivity contribution in [3.05, 3.63) is 92.0 Å². The van der Waals surface area contributed by atoms with Crippen LogP contribution in [0.3, 0.4) is 0 Å². The van der Waals surface area contributed by atoms with Gasteiger partial charge < -0.3 is 10.1 Å². The van der Waals surface area contributed by atoms with Gasteiger partial charge in [-0.2, -0.15) is 0 Å². The minimum absolute atomic E-state index is 0.226. The monoisotopic (exact) mass is 596 g/mol. The highest BCUT2D eigenvalue weighted by molar-refractivity contribution is 9.10. The maximum Gasteiger partial charge on any atom is 0.341 e. The quantitative estimate of drug-likeness (QED) is 0.199. The van der Waals surface area contributed by atoms with Crippen molar-refractivity contribution in [1.82, 2.24) is 4.98 Å². The smallest absolute Gasteiger partial charge is 0.341 e. The zero-order valence-electron chi connectivity index (χ0n) is 18.9. The average Bonchev–Trinajstić information content (AvgIpc) is 3.50. The van der Waals surface area contributed by atoms with Crippen LogP contribution in [0.4, 0.5) is 5.00 Å². The first-order valence-corrected chi connectivity index (χ1v) is 13.8. The van der Waals surface area contributed by atoms with E-state index in [2.05, 4.69) is 21.2 Å². The van der Waals surface area contributed by atoms with E-state index in [-0.39, 0.29) is 12.5 Å². The van der Waals surface area contributed by atoms with Crippen LogP contribution < -0.4 is 5.32 Å². The molecule has 5 rings (SSSR count). The van der Waals surface area contributed by atoms with Crippen molar-refractivity contribution in [2.45, 2.75) is 6.92 Å². The summed E-state index contributed by atoms with van der Waals surface area (Å²) in [6.07, 6.45) is 0. The number of fused-ring (bicyclic) bond motifs is 1. The molecular formula is C27H18BrClN2O3S2. The minimum Gasteiger partial charge on any atom is -0.462 e. The van der Waals surface area contributed by atoms with Crippen molar-refractivity contribution in [2.24, 2.45) is 0 Å². The van der Waals surface area contributed by atoms with Gasteiger partial charge in [0.1, 0.15) is 10.6 Å². The number of ether oxygens (including phenoxy) is 1. The topological polar surface area (TPSA) is 68.3 Å². The van der Waals surface area contributed by atoms with E-state index in [1.165, 1.54) is 22.7 Å². The number of hydrogen-bond donors (Lipinski definition) is 1. The lowest BCUT2D eigenvalue weighted by Crippen LogP contribution is -2.15. The van der Waals surface area contributed by atoms with Gasteiger partial charge in [-0.05, 0) is 48.9 Å². The van der Waals surface area contributed by atoms with Gasteiger partial charge in [0, 0.05) is 20.8 Å². The number of halogens is 2. The normalized spacial score (nSPS) is 11.0. The summed E-state index contributed by atoms with van der Waals surface area (Å²) in [6, 6.07) is 20.5. The standard InChI is InChI=1S/C27H18BrClN2O3S2/c1-2-34-27(33)24-19(15-7-9-16(28)10-8-15)14-35-26(24)31-25(32)18-13-21(22-11-12-23(29)36-22)30-20-6-4-3-5-17(18)20/h3-14H,2H2,1H3,(H,31,32). The van der Waals surface area contributed by atoms with Crippen molar-refractivity contribution in [1.29, 1.82) is 0 Å². The summed E-state index contributed by atoms with van der Waals surface area (Å²) >= 11 is 12.3. The predicted molar refractivity (Wildman–Crippen MR) is 151 cm³/mol. The summed E-state index contributed by atoms with van der Waals surface area (Å²) < 4.78 is 6.91. The average molecular weight is 598 g/mol. The summed E-state index contributed by atoms with van der Waals surface area (Å²) in [7, 11) is 0. The Morgan fingerprint density at radius 3 is 2.58 bits per heavy atom. The van der Waals surface area contributed by atoms with E-state index in [0.717, 1.165) is 14.9 Å². The first-order chi connectivity index (χ1) is 17.4. The lowest BCUT2D eigenvalue weighted by molar-refractivity contribution is 0.0529. The van der Waals surface area contributed by atoms with E-state index in [0.29, 0.717) is 42.6 Å². The molecule has 0 bridgehead atoms. The molecule has 0 fully saturated rings. The number of pyridine rings is 1. The second-order valence-corrected chi connectivity index (χ2v) is 11.2. The summed E-state index contributed by atoms with van der Waals surface area (Å²) in [6.45, 7) is 1.98. The van der Waals surface area contributed by atoms with E-state index in [4.69, 9.17) is 21.3 Å². The van der Waals surface area contributed by atoms with Crippen LogP contribution in [0.5, 0.6) is 0 Å².